The van der Waals surface area contributed by atoms with Gasteiger partial charge in [0.05, 0.1) is 6.04 Å². The maximum absolute atomic E-state index is 12.3. The van der Waals surface area contributed by atoms with Crippen LogP contribution in [0.4, 0.5) is 17.6 Å². The third-order valence-corrected chi connectivity index (χ3v) is 1.72. The molecule has 0 fully saturated rings. The summed E-state index contributed by atoms with van der Waals surface area (Å²) >= 11 is 0. The van der Waals surface area contributed by atoms with Crippen molar-refractivity contribution >= 4 is 0 Å². The van der Waals surface area contributed by atoms with Crippen LogP contribution in [-0.4, -0.2) is 16.2 Å². The Hall–Kier alpha value is -1.11. The topological polar surface area (TPSA) is 43.8 Å². The van der Waals surface area contributed by atoms with E-state index in [1.165, 1.54) is 7.05 Å². The van der Waals surface area contributed by atoms with Crippen LogP contribution in [0, 0.1) is 0 Å². The fourth-order valence-corrected chi connectivity index (χ4v) is 1.09. The van der Waals surface area contributed by atoms with Crippen LogP contribution >= 0.6 is 0 Å². The lowest BCUT2D eigenvalue weighted by molar-refractivity contribution is 0.110. The summed E-state index contributed by atoms with van der Waals surface area (Å²) in [6.07, 6.45) is -4.69. The normalized spacial score (nSPS) is 14.0. The third kappa shape index (κ3) is 2.03. The second-order valence-electron chi connectivity index (χ2n) is 2.80. The van der Waals surface area contributed by atoms with Gasteiger partial charge in [-0.2, -0.15) is 5.10 Å². The van der Waals surface area contributed by atoms with E-state index in [0.717, 1.165) is 10.9 Å². The van der Waals surface area contributed by atoms with Crippen molar-refractivity contribution in [3.63, 3.8) is 0 Å². The Morgan fingerprint density at radius 1 is 1.36 bits per heavy atom. The number of rotatable bonds is 3. The van der Waals surface area contributed by atoms with E-state index >= 15 is 0 Å². The minimum atomic E-state index is -2.89. The first-order chi connectivity index (χ1) is 6.43. The van der Waals surface area contributed by atoms with Crippen LogP contribution in [0.25, 0.3) is 0 Å². The number of aromatic nitrogens is 2. The second-order valence-corrected chi connectivity index (χ2v) is 2.80. The van der Waals surface area contributed by atoms with Crippen molar-refractivity contribution < 1.29 is 17.6 Å². The van der Waals surface area contributed by atoms with Crippen molar-refractivity contribution in [2.75, 3.05) is 0 Å². The molecule has 0 aliphatic rings. The zero-order chi connectivity index (χ0) is 10.9. The molecule has 0 spiro atoms. The molecular formula is C7H9F4N3. The van der Waals surface area contributed by atoms with Gasteiger partial charge in [0, 0.05) is 18.8 Å². The molecule has 1 aromatic heterocycles. The molecule has 0 aromatic carbocycles. The average Bonchev–Trinajstić information content (AvgIpc) is 2.45. The predicted octanol–water partition coefficient (Wildman–Crippen LogP) is 1.62. The Morgan fingerprint density at radius 3 is 2.36 bits per heavy atom. The first-order valence-electron chi connectivity index (χ1n) is 3.78. The SMILES string of the molecule is Cn1cc(C(N)C(F)F)c(C(F)F)n1. The minimum absolute atomic E-state index is 0.308. The number of nitrogens with two attached hydrogens (primary N) is 1. The van der Waals surface area contributed by atoms with Crippen molar-refractivity contribution in [2.45, 2.75) is 18.9 Å². The quantitative estimate of drug-likeness (QED) is 0.772. The summed E-state index contributed by atoms with van der Waals surface area (Å²) in [5.41, 5.74) is 4.06. The summed E-state index contributed by atoms with van der Waals surface area (Å²) in [5.74, 6) is 0. The molecule has 0 aliphatic heterocycles. The van der Waals surface area contributed by atoms with Gasteiger partial charge in [0.1, 0.15) is 5.69 Å². The van der Waals surface area contributed by atoms with Gasteiger partial charge < -0.3 is 5.73 Å². The fourth-order valence-electron chi connectivity index (χ4n) is 1.09. The predicted molar refractivity (Wildman–Crippen MR) is 41.1 cm³/mol. The summed E-state index contributed by atoms with van der Waals surface area (Å²) in [6, 6.07) is -1.72. The highest BCUT2D eigenvalue weighted by molar-refractivity contribution is 5.22. The van der Waals surface area contributed by atoms with Crippen LogP contribution in [0.3, 0.4) is 0 Å². The van der Waals surface area contributed by atoms with Crippen molar-refractivity contribution in [3.8, 4) is 0 Å². The van der Waals surface area contributed by atoms with E-state index in [2.05, 4.69) is 5.10 Å². The Morgan fingerprint density at radius 2 is 1.93 bits per heavy atom. The van der Waals surface area contributed by atoms with Gasteiger partial charge in [-0.1, -0.05) is 0 Å². The van der Waals surface area contributed by atoms with Crippen molar-refractivity contribution in [3.05, 3.63) is 17.5 Å². The maximum atomic E-state index is 12.3. The smallest absolute Gasteiger partial charge is 0.282 e. The fraction of sp³-hybridized carbons (Fsp3) is 0.571. The molecule has 0 saturated heterocycles. The van der Waals surface area contributed by atoms with E-state index < -0.39 is 24.6 Å². The van der Waals surface area contributed by atoms with Gasteiger partial charge in [-0.15, -0.1) is 0 Å². The van der Waals surface area contributed by atoms with Crippen LogP contribution in [0.1, 0.15) is 23.7 Å². The molecule has 1 atom stereocenters. The first kappa shape index (κ1) is 11.0. The lowest BCUT2D eigenvalue weighted by atomic mass is 10.1. The summed E-state index contributed by atoms with van der Waals surface area (Å²) in [7, 11) is 1.37. The molecule has 1 rings (SSSR count). The molecule has 0 amide bonds. The average molecular weight is 211 g/mol. The molecule has 7 heteroatoms. The summed E-state index contributed by atoms with van der Waals surface area (Å²) in [4.78, 5) is 0. The highest BCUT2D eigenvalue weighted by Gasteiger charge is 2.27. The van der Waals surface area contributed by atoms with Crippen molar-refractivity contribution in [1.82, 2.24) is 9.78 Å². The first-order valence-corrected chi connectivity index (χ1v) is 3.78. The molecule has 1 aromatic rings. The number of halogens is 4. The van der Waals surface area contributed by atoms with Gasteiger partial charge in [0.25, 0.3) is 12.9 Å². The molecule has 1 unspecified atom stereocenters. The van der Waals surface area contributed by atoms with E-state index in [0.29, 0.717) is 0 Å². The van der Waals surface area contributed by atoms with Gasteiger partial charge >= 0.3 is 0 Å². The van der Waals surface area contributed by atoms with E-state index in [9.17, 15) is 17.6 Å². The van der Waals surface area contributed by atoms with Crippen molar-refractivity contribution in [2.24, 2.45) is 12.8 Å². The molecule has 0 radical (unpaired) electrons. The number of hydrogen-bond acceptors (Lipinski definition) is 2. The summed E-state index contributed by atoms with van der Waals surface area (Å²) < 4.78 is 49.9. The number of hydrogen-bond donors (Lipinski definition) is 1. The lowest BCUT2D eigenvalue weighted by Gasteiger charge is -2.09. The Balaban J connectivity index is 3.06. The van der Waals surface area contributed by atoms with Crippen LogP contribution < -0.4 is 5.73 Å². The van der Waals surface area contributed by atoms with Crippen LogP contribution in [0.15, 0.2) is 6.20 Å². The highest BCUT2D eigenvalue weighted by Crippen LogP contribution is 2.27. The Labute approximate surface area is 77.5 Å². The summed E-state index contributed by atoms with van der Waals surface area (Å²) in [6.45, 7) is 0. The lowest BCUT2D eigenvalue weighted by Crippen LogP contribution is -2.19. The maximum Gasteiger partial charge on any atom is 0.282 e. The number of alkyl halides is 4. The van der Waals surface area contributed by atoms with Gasteiger partial charge in [-0.05, 0) is 0 Å². The number of nitrogens with zero attached hydrogens (tertiary/aromatic N) is 2. The Bertz CT molecular complexity index is 310. The minimum Gasteiger partial charge on any atom is -0.319 e. The molecule has 14 heavy (non-hydrogen) atoms. The van der Waals surface area contributed by atoms with E-state index in [1.807, 2.05) is 0 Å². The number of aryl methyl sites for hydroxylation is 1. The van der Waals surface area contributed by atoms with E-state index in [-0.39, 0.29) is 5.56 Å². The zero-order valence-corrected chi connectivity index (χ0v) is 7.29. The van der Waals surface area contributed by atoms with Crippen LogP contribution in [0.5, 0.6) is 0 Å². The zero-order valence-electron chi connectivity index (χ0n) is 7.29. The third-order valence-electron chi connectivity index (χ3n) is 1.72. The Kier molecular flexibility index (Phi) is 3.10. The van der Waals surface area contributed by atoms with Gasteiger partial charge in [-0.25, -0.2) is 17.6 Å². The van der Waals surface area contributed by atoms with Crippen LogP contribution in [-0.2, 0) is 7.05 Å². The summed E-state index contributed by atoms with van der Waals surface area (Å²) in [5, 5.41) is 3.37. The molecule has 3 nitrogen and oxygen atoms in total. The van der Waals surface area contributed by atoms with Gasteiger partial charge in [0.15, 0.2) is 0 Å². The molecule has 0 bridgehead atoms. The monoisotopic (exact) mass is 211 g/mol. The molecular weight excluding hydrogens is 202 g/mol. The van der Waals surface area contributed by atoms with Gasteiger partial charge in [-0.3, -0.25) is 4.68 Å². The van der Waals surface area contributed by atoms with E-state index in [4.69, 9.17) is 5.73 Å². The van der Waals surface area contributed by atoms with Gasteiger partial charge in [0.2, 0.25) is 0 Å². The molecule has 80 valence electrons. The standard InChI is InChI=1S/C7H9F4N3/c1-14-2-3(4(12)6(8)9)5(13-14)7(10)11/h2,4,6-7H,12H2,1H3. The largest absolute Gasteiger partial charge is 0.319 e. The van der Waals surface area contributed by atoms with E-state index in [1.54, 1.807) is 0 Å². The molecule has 2 N–H and O–H groups in total. The second kappa shape index (κ2) is 3.95. The van der Waals surface area contributed by atoms with Crippen LogP contribution in [0.2, 0.25) is 0 Å². The highest BCUT2D eigenvalue weighted by atomic mass is 19.3. The molecule has 0 aliphatic carbocycles. The molecule has 0 saturated carbocycles. The van der Waals surface area contributed by atoms with Crippen molar-refractivity contribution in [1.29, 1.82) is 0 Å². The molecule has 1 heterocycles.